The molecule has 1 aliphatic heterocycles. The molecule has 0 radical (unpaired) electrons. The number of carbonyl (C=O) groups is 4. The number of urea groups is 1. The molecule has 1 saturated heterocycles. The van der Waals surface area contributed by atoms with Crippen molar-refractivity contribution in [1.82, 2.24) is 10.2 Å². The van der Waals surface area contributed by atoms with E-state index in [2.05, 4.69) is 10.6 Å². The molecule has 1 fully saturated rings. The molecule has 1 unspecified atom stereocenters. The van der Waals surface area contributed by atoms with Gasteiger partial charge >= 0.3 is 12.0 Å². The molecule has 0 aliphatic carbocycles. The fraction of sp³-hybridized carbons (Fsp3) is 0.300. The summed E-state index contributed by atoms with van der Waals surface area (Å²) in [5.41, 5.74) is -0.421. The van der Waals surface area contributed by atoms with Gasteiger partial charge in [-0.15, -0.1) is 0 Å². The van der Waals surface area contributed by atoms with Crippen LogP contribution in [0.15, 0.2) is 42.5 Å². The molecule has 0 aromatic heterocycles. The second-order valence-electron chi connectivity index (χ2n) is 6.74. The molecular weight excluding hydrogens is 362 g/mol. The number of imide groups is 1. The first kappa shape index (κ1) is 19.3. The van der Waals surface area contributed by atoms with E-state index in [4.69, 9.17) is 4.74 Å². The van der Waals surface area contributed by atoms with E-state index in [1.54, 1.807) is 19.9 Å². The quantitative estimate of drug-likeness (QED) is 0.587. The van der Waals surface area contributed by atoms with E-state index < -0.39 is 42.5 Å². The van der Waals surface area contributed by atoms with Crippen LogP contribution in [0.25, 0.3) is 10.8 Å². The summed E-state index contributed by atoms with van der Waals surface area (Å²) in [5, 5.41) is 7.08. The third-order valence-electron chi connectivity index (χ3n) is 4.77. The smallest absolute Gasteiger partial charge is 0.326 e. The predicted molar refractivity (Wildman–Crippen MR) is 102 cm³/mol. The van der Waals surface area contributed by atoms with Gasteiger partial charge < -0.3 is 15.4 Å². The lowest BCUT2D eigenvalue weighted by molar-refractivity contribution is -0.150. The highest BCUT2D eigenvalue weighted by Crippen LogP contribution is 2.23. The Bertz CT molecular complexity index is 953. The molecule has 2 aromatic rings. The van der Waals surface area contributed by atoms with Crippen molar-refractivity contribution in [2.75, 3.05) is 18.5 Å². The van der Waals surface area contributed by atoms with Gasteiger partial charge in [-0.3, -0.25) is 19.3 Å². The number of nitrogens with zero attached hydrogens (tertiary/aromatic N) is 1. The molecule has 8 heteroatoms. The number of anilines is 1. The van der Waals surface area contributed by atoms with Gasteiger partial charge in [0, 0.05) is 11.1 Å². The molecule has 1 heterocycles. The Hall–Kier alpha value is -3.42. The minimum atomic E-state index is -1.02. The molecule has 0 spiro atoms. The summed E-state index contributed by atoms with van der Waals surface area (Å²) in [6.07, 6.45) is 0.399. The molecule has 8 nitrogen and oxygen atoms in total. The summed E-state index contributed by atoms with van der Waals surface area (Å²) >= 11 is 0. The molecule has 2 aromatic carbocycles. The van der Waals surface area contributed by atoms with Gasteiger partial charge in [-0.1, -0.05) is 43.3 Å². The summed E-state index contributed by atoms with van der Waals surface area (Å²) in [7, 11) is 0. The molecule has 4 amide bonds. The number of amides is 4. The number of ether oxygens (including phenoxy) is 1. The van der Waals surface area contributed by atoms with Crippen LogP contribution in [0.3, 0.4) is 0 Å². The Morgan fingerprint density at radius 1 is 1.14 bits per heavy atom. The van der Waals surface area contributed by atoms with Crippen molar-refractivity contribution in [3.63, 3.8) is 0 Å². The van der Waals surface area contributed by atoms with Crippen molar-refractivity contribution < 1.29 is 23.9 Å². The molecule has 2 N–H and O–H groups in total. The Balaban J connectivity index is 1.55. The maximum atomic E-state index is 12.3. The fourth-order valence-corrected chi connectivity index (χ4v) is 2.97. The number of fused-ring (bicyclic) bond motifs is 1. The number of hydrogen-bond acceptors (Lipinski definition) is 5. The van der Waals surface area contributed by atoms with Gasteiger partial charge in [-0.25, -0.2) is 4.79 Å². The molecule has 3 rings (SSSR count). The summed E-state index contributed by atoms with van der Waals surface area (Å²) in [6.45, 7) is 2.30. The largest absolute Gasteiger partial charge is 0.454 e. The Morgan fingerprint density at radius 2 is 1.86 bits per heavy atom. The normalized spacial score (nSPS) is 18.9. The van der Waals surface area contributed by atoms with E-state index in [9.17, 15) is 19.2 Å². The van der Waals surface area contributed by atoms with Crippen molar-refractivity contribution in [3.05, 3.63) is 42.5 Å². The summed E-state index contributed by atoms with van der Waals surface area (Å²) in [5.74, 6) is -1.84. The highest BCUT2D eigenvalue weighted by molar-refractivity contribution is 6.08. The molecule has 146 valence electrons. The van der Waals surface area contributed by atoms with Crippen molar-refractivity contribution in [1.29, 1.82) is 0 Å². The van der Waals surface area contributed by atoms with Crippen LogP contribution in [-0.4, -0.2) is 47.4 Å². The Morgan fingerprint density at radius 3 is 2.57 bits per heavy atom. The first-order chi connectivity index (χ1) is 13.3. The zero-order valence-corrected chi connectivity index (χ0v) is 15.7. The van der Waals surface area contributed by atoms with E-state index in [1.165, 1.54) is 0 Å². The van der Waals surface area contributed by atoms with Crippen molar-refractivity contribution in [2.45, 2.75) is 25.8 Å². The van der Waals surface area contributed by atoms with Crippen LogP contribution in [-0.2, 0) is 19.1 Å². The number of hydrogen-bond donors (Lipinski definition) is 2. The average molecular weight is 383 g/mol. The molecule has 1 atom stereocenters. The number of nitrogens with one attached hydrogen (secondary N) is 2. The van der Waals surface area contributed by atoms with Crippen LogP contribution in [0.1, 0.15) is 20.3 Å². The van der Waals surface area contributed by atoms with Crippen molar-refractivity contribution in [2.24, 2.45) is 0 Å². The van der Waals surface area contributed by atoms with Crippen LogP contribution in [0.2, 0.25) is 0 Å². The van der Waals surface area contributed by atoms with E-state index in [0.717, 1.165) is 15.7 Å². The third kappa shape index (κ3) is 3.80. The molecular formula is C20H21N3O5. The number of carbonyl (C=O) groups excluding carboxylic acids is 4. The van der Waals surface area contributed by atoms with Crippen molar-refractivity contribution in [3.8, 4) is 0 Å². The van der Waals surface area contributed by atoms with E-state index in [-0.39, 0.29) is 0 Å². The van der Waals surface area contributed by atoms with Gasteiger partial charge in [0.05, 0.1) is 0 Å². The van der Waals surface area contributed by atoms with Gasteiger partial charge in [0.1, 0.15) is 12.1 Å². The number of esters is 1. The van der Waals surface area contributed by atoms with E-state index in [0.29, 0.717) is 12.1 Å². The third-order valence-corrected chi connectivity index (χ3v) is 4.77. The molecule has 0 saturated carbocycles. The summed E-state index contributed by atoms with van der Waals surface area (Å²) < 4.78 is 4.92. The van der Waals surface area contributed by atoms with Crippen LogP contribution in [0.5, 0.6) is 0 Å². The number of benzene rings is 2. The second-order valence-corrected chi connectivity index (χ2v) is 6.74. The summed E-state index contributed by atoms with van der Waals surface area (Å²) in [4.78, 5) is 49.1. The average Bonchev–Trinajstić information content (AvgIpc) is 2.90. The van der Waals surface area contributed by atoms with Gasteiger partial charge in [-0.05, 0) is 24.8 Å². The van der Waals surface area contributed by atoms with Gasteiger partial charge in [0.2, 0.25) is 0 Å². The molecule has 0 bridgehead atoms. The van der Waals surface area contributed by atoms with Crippen LogP contribution >= 0.6 is 0 Å². The SMILES string of the molecule is CCC1(C)NC(=O)N(CC(=O)OCC(=O)Nc2cccc3ccccc23)C1=O. The predicted octanol–water partition coefficient (Wildman–Crippen LogP) is 2.04. The minimum absolute atomic E-state index is 0.399. The lowest BCUT2D eigenvalue weighted by Crippen LogP contribution is -2.43. The van der Waals surface area contributed by atoms with Gasteiger partial charge in [-0.2, -0.15) is 0 Å². The topological polar surface area (TPSA) is 105 Å². The lowest BCUT2D eigenvalue weighted by Gasteiger charge is -2.18. The fourth-order valence-electron chi connectivity index (χ4n) is 2.97. The second kappa shape index (κ2) is 7.67. The maximum absolute atomic E-state index is 12.3. The van der Waals surface area contributed by atoms with E-state index in [1.807, 2.05) is 36.4 Å². The zero-order chi connectivity index (χ0) is 20.3. The maximum Gasteiger partial charge on any atom is 0.326 e. The first-order valence-corrected chi connectivity index (χ1v) is 8.91. The first-order valence-electron chi connectivity index (χ1n) is 8.91. The van der Waals surface area contributed by atoms with Gasteiger partial charge in [0.25, 0.3) is 11.8 Å². The Kier molecular flexibility index (Phi) is 5.30. The minimum Gasteiger partial charge on any atom is -0.454 e. The summed E-state index contributed by atoms with van der Waals surface area (Å²) in [6, 6.07) is 12.4. The van der Waals surface area contributed by atoms with Crippen molar-refractivity contribution >= 4 is 40.3 Å². The molecule has 1 aliphatic rings. The highest BCUT2D eigenvalue weighted by Gasteiger charge is 2.47. The highest BCUT2D eigenvalue weighted by atomic mass is 16.5. The Labute approximate surface area is 161 Å². The standard InChI is InChI=1S/C20H21N3O5/c1-3-20(2)18(26)23(19(27)22-20)11-17(25)28-12-16(24)21-15-10-6-8-13-7-4-5-9-14(13)15/h4-10H,3,11-12H2,1-2H3,(H,21,24)(H,22,27). The lowest BCUT2D eigenvalue weighted by atomic mass is 9.99. The van der Waals surface area contributed by atoms with Crippen LogP contribution in [0.4, 0.5) is 10.5 Å². The van der Waals surface area contributed by atoms with Crippen LogP contribution in [0, 0.1) is 0 Å². The molecule has 28 heavy (non-hydrogen) atoms. The van der Waals surface area contributed by atoms with Gasteiger partial charge in [0.15, 0.2) is 6.61 Å². The number of rotatable bonds is 6. The zero-order valence-electron chi connectivity index (χ0n) is 15.7. The van der Waals surface area contributed by atoms with E-state index >= 15 is 0 Å². The van der Waals surface area contributed by atoms with Crippen LogP contribution < -0.4 is 10.6 Å². The monoisotopic (exact) mass is 383 g/mol.